The molecule has 1 aliphatic rings. The van der Waals surface area contributed by atoms with Crippen molar-refractivity contribution in [2.75, 3.05) is 23.7 Å². The zero-order valence-corrected chi connectivity index (χ0v) is 30.9. The first-order chi connectivity index (χ1) is 25.2. The average molecular weight is 736 g/mol. The lowest BCUT2D eigenvalue weighted by Crippen LogP contribution is -2.59. The van der Waals surface area contributed by atoms with Gasteiger partial charge in [-0.15, -0.1) is 0 Å². The molecule has 0 saturated carbocycles. The summed E-state index contributed by atoms with van der Waals surface area (Å²) in [5, 5.41) is 23.0. The lowest BCUT2D eigenvalue weighted by Gasteiger charge is -2.36. The maximum absolute atomic E-state index is 13.6. The molecule has 15 nitrogen and oxygen atoms in total. The van der Waals surface area contributed by atoms with Crippen LogP contribution in [0.1, 0.15) is 76.8 Å². The SMILES string of the molecule is CCCC[C@H](NC(=O)Cc1ccc(NC(=O)Nc2ccccc2C)cc1)C(=O)N[C@@H](CC(=O)O)C(=O)N[C@H](C(=O)N1CCCC(C(N)=O)C1)C(C)CC. The van der Waals surface area contributed by atoms with Gasteiger partial charge in [-0.1, -0.05) is 70.4 Å². The Morgan fingerprint density at radius 1 is 0.906 bits per heavy atom. The Kier molecular flexibility index (Phi) is 16.3. The third-order valence-corrected chi connectivity index (χ3v) is 9.39. The molecule has 2 aromatic rings. The highest BCUT2D eigenvalue weighted by Gasteiger charge is 2.36. The second kappa shape index (κ2) is 20.5. The number of nitrogens with one attached hydrogen (secondary N) is 5. The first-order valence-electron chi connectivity index (χ1n) is 18.1. The number of carboxylic acids is 1. The van der Waals surface area contributed by atoms with Crippen LogP contribution in [-0.2, 0) is 35.2 Å². The number of amides is 7. The largest absolute Gasteiger partial charge is 0.481 e. The standard InChI is InChI=1S/C38H53N7O8/c1-5-7-13-29(41-31(46)20-25-15-17-27(18-16-25)40-38(53)43-28-14-9-8-11-24(28)4)35(50)42-30(21-32(47)48)36(51)44-33(23(3)6-2)37(52)45-19-10-12-26(22-45)34(39)49/h8-9,11,14-18,23,26,29-30,33H,5-7,10,12-13,19-22H2,1-4H3,(H2,39,49)(H,41,46)(H,42,50)(H,44,51)(H,47,48)(H2,40,43,53)/t23?,26?,29-,30-,33-/m0/s1. The molecular weight excluding hydrogens is 682 g/mol. The van der Waals surface area contributed by atoms with Gasteiger partial charge in [0.05, 0.1) is 18.8 Å². The van der Waals surface area contributed by atoms with Gasteiger partial charge in [0.15, 0.2) is 0 Å². The summed E-state index contributed by atoms with van der Waals surface area (Å²) < 4.78 is 0. The Bertz CT molecular complexity index is 1620. The molecule has 2 unspecified atom stereocenters. The van der Waals surface area contributed by atoms with E-state index in [4.69, 9.17) is 5.73 Å². The first kappa shape index (κ1) is 41.9. The van der Waals surface area contributed by atoms with Gasteiger partial charge >= 0.3 is 12.0 Å². The monoisotopic (exact) mass is 735 g/mol. The van der Waals surface area contributed by atoms with E-state index in [-0.39, 0.29) is 25.3 Å². The van der Waals surface area contributed by atoms with Gasteiger partial charge in [-0.2, -0.15) is 0 Å². The fourth-order valence-electron chi connectivity index (χ4n) is 6.01. The molecule has 3 rings (SSSR count). The minimum Gasteiger partial charge on any atom is -0.481 e. The number of aryl methyl sites for hydroxylation is 1. The molecule has 288 valence electrons. The lowest BCUT2D eigenvalue weighted by molar-refractivity contribution is -0.143. The summed E-state index contributed by atoms with van der Waals surface area (Å²) in [6.07, 6.45) is 2.29. The number of nitrogens with two attached hydrogens (primary N) is 1. The molecule has 1 heterocycles. The predicted octanol–water partition coefficient (Wildman–Crippen LogP) is 3.07. The number of rotatable bonds is 18. The van der Waals surface area contributed by atoms with E-state index in [1.54, 1.807) is 37.3 Å². The number of carbonyl (C=O) groups excluding carboxylic acids is 6. The van der Waals surface area contributed by atoms with Crippen LogP contribution in [0.4, 0.5) is 16.2 Å². The zero-order valence-electron chi connectivity index (χ0n) is 30.9. The molecule has 53 heavy (non-hydrogen) atoms. The number of benzene rings is 2. The number of carbonyl (C=O) groups is 7. The van der Waals surface area contributed by atoms with Crippen molar-refractivity contribution in [1.82, 2.24) is 20.9 Å². The highest BCUT2D eigenvalue weighted by Crippen LogP contribution is 2.20. The number of nitrogens with zero attached hydrogens (tertiary/aromatic N) is 1. The summed E-state index contributed by atoms with van der Waals surface area (Å²) in [5.41, 5.74) is 8.19. The van der Waals surface area contributed by atoms with E-state index in [0.29, 0.717) is 55.6 Å². The van der Waals surface area contributed by atoms with Crippen LogP contribution in [-0.4, -0.2) is 82.8 Å². The number of carboxylic acid groups (broad SMARTS) is 1. The van der Waals surface area contributed by atoms with E-state index in [0.717, 1.165) is 5.56 Å². The molecule has 8 N–H and O–H groups in total. The van der Waals surface area contributed by atoms with Crippen molar-refractivity contribution in [3.05, 3.63) is 59.7 Å². The van der Waals surface area contributed by atoms with E-state index in [1.807, 2.05) is 39.0 Å². The number of aliphatic carboxylic acids is 1. The highest BCUT2D eigenvalue weighted by molar-refractivity contribution is 6.00. The van der Waals surface area contributed by atoms with Crippen LogP contribution in [0.5, 0.6) is 0 Å². The Morgan fingerprint density at radius 2 is 1.58 bits per heavy atom. The van der Waals surface area contributed by atoms with Crippen LogP contribution in [0.25, 0.3) is 0 Å². The van der Waals surface area contributed by atoms with Gasteiger partial charge in [0, 0.05) is 24.5 Å². The molecule has 7 amide bonds. The van der Waals surface area contributed by atoms with Crippen LogP contribution in [0.2, 0.25) is 0 Å². The Morgan fingerprint density at radius 3 is 2.21 bits per heavy atom. The van der Waals surface area contributed by atoms with Crippen molar-refractivity contribution in [2.24, 2.45) is 17.6 Å². The number of hydrogen-bond donors (Lipinski definition) is 7. The minimum atomic E-state index is -1.54. The van der Waals surface area contributed by atoms with Crippen LogP contribution >= 0.6 is 0 Å². The molecule has 15 heteroatoms. The number of urea groups is 1. The summed E-state index contributed by atoms with van der Waals surface area (Å²) in [6, 6.07) is 9.93. The molecule has 0 radical (unpaired) electrons. The zero-order chi connectivity index (χ0) is 39.1. The fraction of sp³-hybridized carbons (Fsp3) is 0.500. The quantitative estimate of drug-likeness (QED) is 0.120. The number of anilines is 2. The smallest absolute Gasteiger partial charge is 0.323 e. The number of unbranched alkanes of at least 4 members (excludes halogenated alkanes) is 1. The third kappa shape index (κ3) is 13.2. The molecule has 1 fully saturated rings. The Labute approximate surface area is 310 Å². The average Bonchev–Trinajstić information content (AvgIpc) is 3.12. The number of likely N-dealkylation sites (tertiary alicyclic amines) is 1. The van der Waals surface area contributed by atoms with Gasteiger partial charge in [-0.3, -0.25) is 28.8 Å². The third-order valence-electron chi connectivity index (χ3n) is 9.39. The van der Waals surface area contributed by atoms with Crippen molar-refractivity contribution in [3.63, 3.8) is 0 Å². The molecule has 1 aliphatic heterocycles. The molecule has 0 aromatic heterocycles. The second-order valence-corrected chi connectivity index (χ2v) is 13.6. The van der Waals surface area contributed by atoms with Crippen molar-refractivity contribution >= 4 is 52.9 Å². The maximum Gasteiger partial charge on any atom is 0.323 e. The highest BCUT2D eigenvalue weighted by atomic mass is 16.4. The van der Waals surface area contributed by atoms with Gasteiger partial charge in [-0.05, 0) is 61.4 Å². The molecule has 0 bridgehead atoms. The summed E-state index contributed by atoms with van der Waals surface area (Å²) in [7, 11) is 0. The van der Waals surface area contributed by atoms with Gasteiger partial charge in [0.1, 0.15) is 18.1 Å². The topological polar surface area (TPSA) is 229 Å². The predicted molar refractivity (Wildman–Crippen MR) is 199 cm³/mol. The fourth-order valence-corrected chi connectivity index (χ4v) is 6.01. The number of hydrogen-bond acceptors (Lipinski definition) is 7. The Hall–Kier alpha value is -5.47. The summed E-state index contributed by atoms with van der Waals surface area (Å²) in [5.74, 6) is -5.20. The molecule has 2 aromatic carbocycles. The first-order valence-corrected chi connectivity index (χ1v) is 18.1. The normalized spacial score (nSPS) is 16.2. The Balaban J connectivity index is 1.65. The van der Waals surface area contributed by atoms with Crippen molar-refractivity contribution in [1.29, 1.82) is 0 Å². The van der Waals surface area contributed by atoms with E-state index in [2.05, 4.69) is 26.6 Å². The minimum absolute atomic E-state index is 0.0869. The van der Waals surface area contributed by atoms with E-state index < -0.39 is 72.0 Å². The van der Waals surface area contributed by atoms with Gasteiger partial charge in [0.2, 0.25) is 29.5 Å². The van der Waals surface area contributed by atoms with E-state index in [1.165, 1.54) is 4.90 Å². The summed E-state index contributed by atoms with van der Waals surface area (Å²) in [6.45, 7) is 7.91. The van der Waals surface area contributed by atoms with Gasteiger partial charge < -0.3 is 42.3 Å². The molecule has 0 aliphatic carbocycles. The maximum atomic E-state index is 13.6. The summed E-state index contributed by atoms with van der Waals surface area (Å²) >= 11 is 0. The lowest BCUT2D eigenvalue weighted by atomic mass is 9.93. The number of para-hydroxylation sites is 1. The second-order valence-electron chi connectivity index (χ2n) is 13.6. The molecule has 1 saturated heterocycles. The summed E-state index contributed by atoms with van der Waals surface area (Å²) in [4.78, 5) is 91.4. The van der Waals surface area contributed by atoms with Gasteiger partial charge in [-0.25, -0.2) is 4.79 Å². The number of piperidine rings is 1. The molecule has 5 atom stereocenters. The van der Waals surface area contributed by atoms with Crippen molar-refractivity contribution in [3.8, 4) is 0 Å². The number of primary amides is 1. The van der Waals surface area contributed by atoms with Crippen LogP contribution in [0.15, 0.2) is 48.5 Å². The van der Waals surface area contributed by atoms with Crippen molar-refractivity contribution < 1.29 is 38.7 Å². The van der Waals surface area contributed by atoms with Crippen LogP contribution in [0, 0.1) is 18.8 Å². The molecular formula is C38H53N7O8. The van der Waals surface area contributed by atoms with Crippen molar-refractivity contribution in [2.45, 2.75) is 97.2 Å². The van der Waals surface area contributed by atoms with E-state index in [9.17, 15) is 38.7 Å². The van der Waals surface area contributed by atoms with Crippen LogP contribution < -0.4 is 32.3 Å². The van der Waals surface area contributed by atoms with E-state index >= 15 is 0 Å². The molecule has 0 spiro atoms. The van der Waals surface area contributed by atoms with Crippen LogP contribution in [0.3, 0.4) is 0 Å². The van der Waals surface area contributed by atoms with Gasteiger partial charge in [0.25, 0.3) is 0 Å².